The van der Waals surface area contributed by atoms with Crippen molar-refractivity contribution in [1.29, 1.82) is 0 Å². The van der Waals surface area contributed by atoms with Gasteiger partial charge >= 0.3 is 5.97 Å². The Balaban J connectivity index is 2.83. The molecule has 0 spiro atoms. The molecule has 0 aliphatic rings. The normalized spacial score (nSPS) is 11.4. The lowest BCUT2D eigenvalue weighted by molar-refractivity contribution is -0.146. The molecule has 1 N–H and O–H groups in total. The Labute approximate surface area is 91.3 Å². The van der Waals surface area contributed by atoms with Gasteiger partial charge in [0, 0.05) is 12.1 Å². The number of carboxylic acids is 1. The molecule has 0 saturated carbocycles. The van der Waals surface area contributed by atoms with E-state index >= 15 is 0 Å². The zero-order valence-corrected chi connectivity index (χ0v) is 9.71. The molecule has 0 atom stereocenters. The van der Waals surface area contributed by atoms with E-state index in [-0.39, 0.29) is 0 Å². The Hall–Kier alpha value is -0.900. The Bertz CT molecular complexity index is 350. The highest BCUT2D eigenvalue weighted by Crippen LogP contribution is 2.21. The molecule has 1 aromatic rings. The minimum absolute atomic E-state index is 0.432. The maximum Gasteiger partial charge on any atom is 0.309 e. The molecule has 76 valence electrons. The summed E-state index contributed by atoms with van der Waals surface area (Å²) in [5.74, 6) is -0.806. The van der Waals surface area contributed by atoms with E-state index in [1.54, 1.807) is 13.8 Å². The first kappa shape index (κ1) is 11.2. The van der Waals surface area contributed by atoms with Crippen molar-refractivity contribution >= 4 is 21.9 Å². The molecule has 0 aromatic carbocycles. The summed E-state index contributed by atoms with van der Waals surface area (Å²) in [4.78, 5) is 15.1. The molecule has 0 saturated heterocycles. The highest BCUT2D eigenvalue weighted by atomic mass is 79.9. The fourth-order valence-electron chi connectivity index (χ4n) is 1.08. The van der Waals surface area contributed by atoms with Gasteiger partial charge in [0.05, 0.1) is 5.41 Å². The van der Waals surface area contributed by atoms with Crippen LogP contribution in [0.4, 0.5) is 0 Å². The molecule has 1 aromatic heterocycles. The van der Waals surface area contributed by atoms with Gasteiger partial charge in [0.2, 0.25) is 0 Å². The van der Waals surface area contributed by atoms with Gasteiger partial charge in [-0.15, -0.1) is 0 Å². The third kappa shape index (κ3) is 2.80. The zero-order chi connectivity index (χ0) is 10.8. The number of nitrogens with zero attached hydrogens (tertiary/aromatic N) is 1. The molecule has 1 heterocycles. The average molecular weight is 258 g/mol. The maximum atomic E-state index is 10.9. The first-order valence-electron chi connectivity index (χ1n) is 4.27. The summed E-state index contributed by atoms with van der Waals surface area (Å²) >= 11 is 3.25. The van der Waals surface area contributed by atoms with Crippen molar-refractivity contribution in [3.8, 4) is 0 Å². The Morgan fingerprint density at radius 1 is 1.57 bits per heavy atom. The van der Waals surface area contributed by atoms with Crippen molar-refractivity contribution in [3.63, 3.8) is 0 Å². The molecule has 14 heavy (non-hydrogen) atoms. The van der Waals surface area contributed by atoms with Gasteiger partial charge < -0.3 is 5.11 Å². The van der Waals surface area contributed by atoms with Crippen LogP contribution < -0.4 is 0 Å². The number of aliphatic carboxylic acids is 1. The van der Waals surface area contributed by atoms with Gasteiger partial charge in [-0.3, -0.25) is 4.79 Å². The molecule has 0 aliphatic carbocycles. The Morgan fingerprint density at radius 3 is 2.71 bits per heavy atom. The van der Waals surface area contributed by atoms with Crippen LogP contribution in [0.3, 0.4) is 0 Å². The molecular formula is C10H12BrNO2. The van der Waals surface area contributed by atoms with E-state index < -0.39 is 11.4 Å². The number of hydrogen-bond donors (Lipinski definition) is 1. The zero-order valence-electron chi connectivity index (χ0n) is 8.12. The molecule has 0 bridgehead atoms. The Morgan fingerprint density at radius 2 is 2.21 bits per heavy atom. The van der Waals surface area contributed by atoms with E-state index in [0.29, 0.717) is 6.42 Å². The highest BCUT2D eigenvalue weighted by molar-refractivity contribution is 9.10. The first-order chi connectivity index (χ1) is 6.42. The fourth-order valence-corrected chi connectivity index (χ4v) is 1.46. The van der Waals surface area contributed by atoms with Crippen LogP contribution in [0.15, 0.2) is 22.8 Å². The van der Waals surface area contributed by atoms with E-state index in [4.69, 9.17) is 5.11 Å². The van der Waals surface area contributed by atoms with Crippen LogP contribution in [0.25, 0.3) is 0 Å². The molecule has 0 fully saturated rings. The van der Waals surface area contributed by atoms with E-state index in [1.807, 2.05) is 18.2 Å². The van der Waals surface area contributed by atoms with Crippen LogP contribution in [-0.2, 0) is 11.2 Å². The summed E-state index contributed by atoms with van der Waals surface area (Å²) < 4.78 is 0.733. The van der Waals surface area contributed by atoms with Gasteiger partial charge in [-0.05, 0) is 41.9 Å². The van der Waals surface area contributed by atoms with Crippen molar-refractivity contribution in [1.82, 2.24) is 4.98 Å². The second-order valence-corrected chi connectivity index (χ2v) is 4.63. The molecule has 4 heteroatoms. The largest absolute Gasteiger partial charge is 0.481 e. The van der Waals surface area contributed by atoms with Gasteiger partial charge in [0.1, 0.15) is 4.60 Å². The quantitative estimate of drug-likeness (QED) is 0.847. The van der Waals surface area contributed by atoms with Gasteiger partial charge in [-0.25, -0.2) is 4.98 Å². The number of hydrogen-bond acceptors (Lipinski definition) is 2. The van der Waals surface area contributed by atoms with Gasteiger partial charge in [0.25, 0.3) is 0 Å². The minimum atomic E-state index is -0.806. The summed E-state index contributed by atoms with van der Waals surface area (Å²) in [5, 5.41) is 8.93. The second-order valence-electron chi connectivity index (χ2n) is 3.82. The molecule has 1 rings (SSSR count). The molecule has 0 aliphatic heterocycles. The predicted molar refractivity (Wildman–Crippen MR) is 57.1 cm³/mol. The highest BCUT2D eigenvalue weighted by Gasteiger charge is 2.27. The Kier molecular flexibility index (Phi) is 3.26. The molecule has 0 amide bonds. The van der Waals surface area contributed by atoms with Gasteiger partial charge in [0.15, 0.2) is 0 Å². The lowest BCUT2D eigenvalue weighted by Gasteiger charge is -2.18. The van der Waals surface area contributed by atoms with Crippen molar-refractivity contribution in [2.75, 3.05) is 0 Å². The summed E-state index contributed by atoms with van der Waals surface area (Å²) in [6.07, 6.45) is 0.432. The monoisotopic (exact) mass is 257 g/mol. The van der Waals surface area contributed by atoms with E-state index in [9.17, 15) is 4.79 Å². The van der Waals surface area contributed by atoms with Crippen LogP contribution in [-0.4, -0.2) is 16.1 Å². The number of halogens is 1. The van der Waals surface area contributed by atoms with Crippen LogP contribution in [0.5, 0.6) is 0 Å². The van der Waals surface area contributed by atoms with Crippen LogP contribution in [0.2, 0.25) is 0 Å². The summed E-state index contributed by atoms with van der Waals surface area (Å²) in [5.41, 5.74) is 0.0140. The van der Waals surface area contributed by atoms with Gasteiger partial charge in [-0.1, -0.05) is 6.07 Å². The van der Waals surface area contributed by atoms with E-state index in [1.165, 1.54) is 0 Å². The van der Waals surface area contributed by atoms with Crippen LogP contribution >= 0.6 is 15.9 Å². The lowest BCUT2D eigenvalue weighted by Crippen LogP contribution is -2.26. The third-order valence-corrected chi connectivity index (χ3v) is 2.42. The predicted octanol–water partition coefficient (Wildman–Crippen LogP) is 2.50. The maximum absolute atomic E-state index is 10.9. The van der Waals surface area contributed by atoms with Crippen molar-refractivity contribution < 1.29 is 9.90 Å². The number of carbonyl (C=O) groups is 1. The van der Waals surface area contributed by atoms with E-state index in [2.05, 4.69) is 20.9 Å². The minimum Gasteiger partial charge on any atom is -0.481 e. The molecule has 0 unspecified atom stereocenters. The number of aromatic nitrogens is 1. The third-order valence-electron chi connectivity index (χ3n) is 1.97. The van der Waals surface area contributed by atoms with Gasteiger partial charge in [-0.2, -0.15) is 0 Å². The second kappa shape index (κ2) is 4.09. The van der Waals surface area contributed by atoms with Crippen LogP contribution in [0.1, 0.15) is 19.5 Å². The standard InChI is InChI=1S/C10H12BrNO2/c1-10(2,9(13)14)6-7-4-3-5-8(11)12-7/h3-5H,6H2,1-2H3,(H,13,14). The van der Waals surface area contributed by atoms with E-state index in [0.717, 1.165) is 10.3 Å². The SMILES string of the molecule is CC(C)(Cc1cccc(Br)n1)C(=O)O. The van der Waals surface area contributed by atoms with Crippen LogP contribution in [0, 0.1) is 5.41 Å². The molecule has 0 radical (unpaired) electrons. The topological polar surface area (TPSA) is 50.2 Å². The molecule has 3 nitrogen and oxygen atoms in total. The van der Waals surface area contributed by atoms with Crippen molar-refractivity contribution in [2.45, 2.75) is 20.3 Å². The summed E-state index contributed by atoms with van der Waals surface area (Å²) in [6.45, 7) is 3.38. The van der Waals surface area contributed by atoms with Crippen molar-refractivity contribution in [3.05, 3.63) is 28.5 Å². The fraction of sp³-hybridized carbons (Fsp3) is 0.400. The van der Waals surface area contributed by atoms with Crippen molar-refractivity contribution in [2.24, 2.45) is 5.41 Å². The summed E-state index contributed by atoms with van der Waals surface area (Å²) in [7, 11) is 0. The first-order valence-corrected chi connectivity index (χ1v) is 5.06. The molecular weight excluding hydrogens is 246 g/mol. The number of pyridine rings is 1. The average Bonchev–Trinajstić information content (AvgIpc) is 2.02. The number of carboxylic acid groups (broad SMARTS) is 1. The smallest absolute Gasteiger partial charge is 0.309 e. The number of rotatable bonds is 3. The summed E-state index contributed by atoms with van der Waals surface area (Å²) in [6, 6.07) is 5.50. The lowest BCUT2D eigenvalue weighted by atomic mass is 9.88.